The van der Waals surface area contributed by atoms with Crippen molar-refractivity contribution in [2.45, 2.75) is 13.1 Å². The quantitative estimate of drug-likeness (QED) is 0.902. The van der Waals surface area contributed by atoms with Crippen LogP contribution in [0.2, 0.25) is 5.02 Å². The summed E-state index contributed by atoms with van der Waals surface area (Å²) < 4.78 is 14.6. The summed E-state index contributed by atoms with van der Waals surface area (Å²) in [5.41, 5.74) is 2.19. The molecule has 3 rings (SSSR count). The van der Waals surface area contributed by atoms with Crippen LogP contribution in [-0.4, -0.2) is 15.7 Å². The number of nitrogens with zero attached hydrogens (tertiary/aromatic N) is 2. The molecular formula is C12H9ClFN3O. The van der Waals surface area contributed by atoms with Crippen LogP contribution in [0.5, 0.6) is 0 Å². The smallest absolute Gasteiger partial charge is 0.255 e. The summed E-state index contributed by atoms with van der Waals surface area (Å²) in [6.45, 7) is 0.885. The van der Waals surface area contributed by atoms with Gasteiger partial charge in [0.05, 0.1) is 30.5 Å². The lowest BCUT2D eigenvalue weighted by Crippen LogP contribution is -2.14. The first-order valence-electron chi connectivity index (χ1n) is 5.42. The first-order chi connectivity index (χ1) is 8.65. The number of fused-ring (bicyclic) bond motifs is 1. The molecule has 0 aliphatic carbocycles. The molecule has 92 valence electrons. The van der Waals surface area contributed by atoms with E-state index in [4.69, 9.17) is 11.6 Å². The predicted molar refractivity (Wildman–Crippen MR) is 63.9 cm³/mol. The van der Waals surface area contributed by atoms with Crippen molar-refractivity contribution in [2.75, 3.05) is 0 Å². The molecule has 0 radical (unpaired) electrons. The van der Waals surface area contributed by atoms with Gasteiger partial charge < -0.3 is 5.32 Å². The number of aromatic nitrogens is 2. The molecule has 0 saturated carbocycles. The standard InChI is InChI=1S/C12H9ClFN3O/c13-10-3-8(14)2-1-7(10)6-17-11-5-15-12(18)9(11)4-16-17/h1-4H,5-6H2,(H,15,18). The highest BCUT2D eigenvalue weighted by Crippen LogP contribution is 2.21. The molecule has 1 aliphatic rings. The van der Waals surface area contributed by atoms with Crippen LogP contribution in [0.4, 0.5) is 4.39 Å². The fourth-order valence-corrected chi connectivity index (χ4v) is 2.22. The van der Waals surface area contributed by atoms with Crippen LogP contribution >= 0.6 is 11.6 Å². The van der Waals surface area contributed by atoms with Gasteiger partial charge in [0.25, 0.3) is 5.91 Å². The third kappa shape index (κ3) is 1.76. The van der Waals surface area contributed by atoms with Crippen molar-refractivity contribution in [1.82, 2.24) is 15.1 Å². The Morgan fingerprint density at radius 1 is 1.50 bits per heavy atom. The maximum absolute atomic E-state index is 12.9. The summed E-state index contributed by atoms with van der Waals surface area (Å²) in [7, 11) is 0. The summed E-state index contributed by atoms with van der Waals surface area (Å²) in [6, 6.07) is 4.24. The van der Waals surface area contributed by atoms with E-state index in [-0.39, 0.29) is 11.7 Å². The van der Waals surface area contributed by atoms with E-state index in [0.29, 0.717) is 23.7 Å². The molecule has 1 aromatic carbocycles. The molecule has 0 fully saturated rings. The maximum atomic E-state index is 12.9. The van der Waals surface area contributed by atoms with Crippen molar-refractivity contribution in [2.24, 2.45) is 0 Å². The van der Waals surface area contributed by atoms with Crippen molar-refractivity contribution in [3.63, 3.8) is 0 Å². The Bertz CT molecular complexity index is 638. The summed E-state index contributed by atoms with van der Waals surface area (Å²) >= 11 is 5.96. The zero-order chi connectivity index (χ0) is 12.7. The number of halogens is 2. The van der Waals surface area contributed by atoms with Gasteiger partial charge in [0.1, 0.15) is 5.82 Å². The molecule has 1 N–H and O–H groups in total. The second-order valence-corrected chi connectivity index (χ2v) is 4.49. The lowest BCUT2D eigenvalue weighted by Gasteiger charge is -2.07. The normalized spacial score (nSPS) is 13.6. The van der Waals surface area contributed by atoms with Crippen molar-refractivity contribution >= 4 is 17.5 Å². The van der Waals surface area contributed by atoms with Gasteiger partial charge in [-0.3, -0.25) is 9.48 Å². The first-order valence-corrected chi connectivity index (χ1v) is 5.80. The molecule has 0 atom stereocenters. The molecule has 0 spiro atoms. The van der Waals surface area contributed by atoms with E-state index in [9.17, 15) is 9.18 Å². The highest BCUT2D eigenvalue weighted by molar-refractivity contribution is 6.31. The van der Waals surface area contributed by atoms with Gasteiger partial charge >= 0.3 is 0 Å². The number of carbonyl (C=O) groups excluding carboxylic acids is 1. The zero-order valence-electron chi connectivity index (χ0n) is 9.28. The molecule has 2 heterocycles. The van der Waals surface area contributed by atoms with E-state index in [1.54, 1.807) is 10.7 Å². The largest absolute Gasteiger partial charge is 0.346 e. The Hall–Kier alpha value is -1.88. The molecule has 6 heteroatoms. The van der Waals surface area contributed by atoms with E-state index < -0.39 is 0 Å². The lowest BCUT2D eigenvalue weighted by atomic mass is 10.2. The maximum Gasteiger partial charge on any atom is 0.255 e. The van der Waals surface area contributed by atoms with Gasteiger partial charge in [0.15, 0.2) is 0 Å². The minimum absolute atomic E-state index is 0.110. The fraction of sp³-hybridized carbons (Fsp3) is 0.167. The summed E-state index contributed by atoms with van der Waals surface area (Å²) in [6.07, 6.45) is 1.54. The Labute approximate surface area is 107 Å². The molecule has 2 aromatic rings. The van der Waals surface area contributed by atoms with E-state index in [2.05, 4.69) is 10.4 Å². The van der Waals surface area contributed by atoms with Crippen LogP contribution in [0.3, 0.4) is 0 Å². The van der Waals surface area contributed by atoms with E-state index in [1.165, 1.54) is 18.3 Å². The molecule has 1 aromatic heterocycles. The number of nitrogens with one attached hydrogen (secondary N) is 1. The van der Waals surface area contributed by atoms with Crippen LogP contribution in [0.25, 0.3) is 0 Å². The van der Waals surface area contributed by atoms with Crippen LogP contribution in [-0.2, 0) is 13.1 Å². The molecular weight excluding hydrogens is 257 g/mol. The predicted octanol–water partition coefficient (Wildman–Crippen LogP) is 1.97. The molecule has 18 heavy (non-hydrogen) atoms. The summed E-state index contributed by atoms with van der Waals surface area (Å²) in [4.78, 5) is 11.4. The van der Waals surface area contributed by atoms with Crippen molar-refractivity contribution < 1.29 is 9.18 Å². The van der Waals surface area contributed by atoms with E-state index in [1.807, 2.05) is 0 Å². The minimum atomic E-state index is -0.369. The van der Waals surface area contributed by atoms with Gasteiger partial charge in [0, 0.05) is 5.02 Å². The summed E-state index contributed by atoms with van der Waals surface area (Å²) in [5, 5.41) is 7.23. The second-order valence-electron chi connectivity index (χ2n) is 4.08. The third-order valence-electron chi connectivity index (χ3n) is 2.94. The van der Waals surface area contributed by atoms with Gasteiger partial charge in [-0.1, -0.05) is 17.7 Å². The Morgan fingerprint density at radius 2 is 2.33 bits per heavy atom. The third-order valence-corrected chi connectivity index (χ3v) is 3.30. The van der Waals surface area contributed by atoms with Gasteiger partial charge in [-0.15, -0.1) is 0 Å². The highest BCUT2D eigenvalue weighted by atomic mass is 35.5. The van der Waals surface area contributed by atoms with Gasteiger partial charge in [-0.25, -0.2) is 4.39 Å². The van der Waals surface area contributed by atoms with Crippen molar-refractivity contribution in [3.05, 3.63) is 52.1 Å². The Balaban J connectivity index is 1.94. The van der Waals surface area contributed by atoms with Crippen molar-refractivity contribution in [1.29, 1.82) is 0 Å². The number of hydrogen-bond acceptors (Lipinski definition) is 2. The molecule has 1 aliphatic heterocycles. The summed E-state index contributed by atoms with van der Waals surface area (Å²) in [5.74, 6) is -0.479. The SMILES string of the molecule is O=C1NCc2c1cnn2Cc1ccc(F)cc1Cl. The minimum Gasteiger partial charge on any atom is -0.346 e. The van der Waals surface area contributed by atoms with Crippen LogP contribution in [0.1, 0.15) is 21.6 Å². The van der Waals surface area contributed by atoms with Crippen LogP contribution < -0.4 is 5.32 Å². The Morgan fingerprint density at radius 3 is 3.11 bits per heavy atom. The van der Waals surface area contributed by atoms with Gasteiger partial charge in [0.2, 0.25) is 0 Å². The lowest BCUT2D eigenvalue weighted by molar-refractivity contribution is 0.0965. The van der Waals surface area contributed by atoms with E-state index >= 15 is 0 Å². The topological polar surface area (TPSA) is 46.9 Å². The first kappa shape index (κ1) is 11.2. The Kier molecular flexibility index (Phi) is 2.56. The molecule has 4 nitrogen and oxygen atoms in total. The average molecular weight is 266 g/mol. The average Bonchev–Trinajstić information content (AvgIpc) is 2.88. The second kappa shape index (κ2) is 4.10. The highest BCUT2D eigenvalue weighted by Gasteiger charge is 2.23. The molecule has 0 bridgehead atoms. The molecule has 1 amide bonds. The van der Waals surface area contributed by atoms with Crippen molar-refractivity contribution in [3.8, 4) is 0 Å². The number of rotatable bonds is 2. The van der Waals surface area contributed by atoms with E-state index in [0.717, 1.165) is 11.3 Å². The van der Waals surface area contributed by atoms with Crippen LogP contribution in [0, 0.1) is 5.82 Å². The monoisotopic (exact) mass is 265 g/mol. The molecule has 0 saturated heterocycles. The van der Waals surface area contributed by atoms with Crippen LogP contribution in [0.15, 0.2) is 24.4 Å². The van der Waals surface area contributed by atoms with Gasteiger partial charge in [-0.05, 0) is 17.7 Å². The van der Waals surface area contributed by atoms with Gasteiger partial charge in [-0.2, -0.15) is 5.10 Å². The fourth-order valence-electron chi connectivity index (χ4n) is 1.99. The number of hydrogen-bond donors (Lipinski definition) is 1. The zero-order valence-corrected chi connectivity index (χ0v) is 10.0. The molecule has 0 unspecified atom stereocenters. The number of amides is 1. The number of benzene rings is 1. The number of carbonyl (C=O) groups is 1.